The Morgan fingerprint density at radius 1 is 1.32 bits per heavy atom. The first-order valence-corrected chi connectivity index (χ1v) is 6.63. The molecule has 1 aromatic carbocycles. The second-order valence-corrected chi connectivity index (χ2v) is 4.81. The third kappa shape index (κ3) is 3.24. The van der Waals surface area contributed by atoms with Crippen LogP contribution in [0.4, 0.5) is 0 Å². The number of benzene rings is 1. The van der Waals surface area contributed by atoms with Crippen LogP contribution in [0.15, 0.2) is 29.8 Å². The molecule has 0 N–H and O–H groups in total. The molecule has 0 radical (unpaired) electrons. The van der Waals surface area contributed by atoms with Gasteiger partial charge in [-0.15, -0.1) is 0 Å². The average Bonchev–Trinajstić information content (AvgIpc) is 2.43. The molecule has 2 rings (SSSR count). The number of rotatable bonds is 4. The number of ketones is 1. The first kappa shape index (κ1) is 13.8. The minimum atomic E-state index is 0.205. The van der Waals surface area contributed by atoms with Crippen LogP contribution in [0.5, 0.6) is 5.75 Å². The number of para-hydroxylation sites is 1. The summed E-state index contributed by atoms with van der Waals surface area (Å²) in [5.41, 5.74) is 1.83. The maximum absolute atomic E-state index is 12.1. The highest BCUT2D eigenvalue weighted by molar-refractivity contribution is 6.01. The van der Waals surface area contributed by atoms with Crippen LogP contribution in [0.25, 0.3) is 6.08 Å². The molecule has 0 saturated heterocycles. The Hall–Kier alpha value is -1.61. The molecule has 1 unspecified atom stereocenters. The largest absolute Gasteiger partial charge is 0.496 e. The van der Waals surface area contributed by atoms with E-state index in [-0.39, 0.29) is 11.7 Å². The summed E-state index contributed by atoms with van der Waals surface area (Å²) in [6.45, 7) is 0.604. The summed E-state index contributed by atoms with van der Waals surface area (Å²) >= 11 is 0. The van der Waals surface area contributed by atoms with E-state index in [1.54, 1.807) is 14.2 Å². The van der Waals surface area contributed by atoms with E-state index in [1.165, 1.54) is 0 Å². The van der Waals surface area contributed by atoms with E-state index in [4.69, 9.17) is 9.47 Å². The number of carbonyl (C=O) groups is 1. The Balaban J connectivity index is 2.34. The predicted octanol–water partition coefficient (Wildman–Crippen LogP) is 3.09. The Labute approximate surface area is 114 Å². The van der Waals surface area contributed by atoms with Gasteiger partial charge in [0.05, 0.1) is 13.7 Å². The van der Waals surface area contributed by atoms with Crippen LogP contribution < -0.4 is 4.74 Å². The van der Waals surface area contributed by atoms with Crippen LogP contribution in [0.1, 0.15) is 24.8 Å². The van der Waals surface area contributed by atoms with Crippen LogP contribution in [0.2, 0.25) is 0 Å². The third-order valence-electron chi connectivity index (χ3n) is 3.54. The molecule has 1 aliphatic carbocycles. The van der Waals surface area contributed by atoms with Crippen LogP contribution in [-0.2, 0) is 9.53 Å². The highest BCUT2D eigenvalue weighted by Crippen LogP contribution is 2.30. The summed E-state index contributed by atoms with van der Waals surface area (Å²) < 4.78 is 10.6. The summed E-state index contributed by atoms with van der Waals surface area (Å²) in [5, 5.41) is 0. The summed E-state index contributed by atoms with van der Waals surface area (Å²) in [6.07, 6.45) is 4.57. The molecule has 1 aliphatic rings. The molecule has 1 atom stereocenters. The first-order chi connectivity index (χ1) is 9.26. The van der Waals surface area contributed by atoms with Crippen molar-refractivity contribution in [2.24, 2.45) is 5.92 Å². The maximum atomic E-state index is 12.1. The summed E-state index contributed by atoms with van der Waals surface area (Å²) in [5.74, 6) is 1.24. The van der Waals surface area contributed by atoms with E-state index in [0.717, 1.165) is 29.7 Å². The van der Waals surface area contributed by atoms with E-state index in [1.807, 2.05) is 30.3 Å². The second-order valence-electron chi connectivity index (χ2n) is 4.81. The zero-order valence-corrected chi connectivity index (χ0v) is 11.5. The molecule has 0 aliphatic heterocycles. The monoisotopic (exact) mass is 260 g/mol. The number of ether oxygens (including phenoxy) is 2. The molecule has 3 nitrogen and oxygen atoms in total. The van der Waals surface area contributed by atoms with Crippen LogP contribution in [0.3, 0.4) is 0 Å². The normalized spacial score (nSPS) is 21.7. The quantitative estimate of drug-likeness (QED) is 0.780. The molecule has 0 heterocycles. The third-order valence-corrected chi connectivity index (χ3v) is 3.54. The van der Waals surface area contributed by atoms with E-state index in [9.17, 15) is 4.79 Å². The van der Waals surface area contributed by atoms with E-state index >= 15 is 0 Å². The summed E-state index contributed by atoms with van der Waals surface area (Å²) in [7, 11) is 3.33. The van der Waals surface area contributed by atoms with Crippen molar-refractivity contribution in [3.05, 3.63) is 35.4 Å². The van der Waals surface area contributed by atoms with Crippen molar-refractivity contribution in [3.8, 4) is 5.75 Å². The van der Waals surface area contributed by atoms with Crippen LogP contribution in [-0.4, -0.2) is 26.6 Å². The minimum Gasteiger partial charge on any atom is -0.496 e. The number of carbonyl (C=O) groups excluding carboxylic acids is 1. The highest BCUT2D eigenvalue weighted by atomic mass is 16.5. The lowest BCUT2D eigenvalue weighted by Crippen LogP contribution is -2.22. The second kappa shape index (κ2) is 6.53. The van der Waals surface area contributed by atoms with Gasteiger partial charge in [0.15, 0.2) is 5.78 Å². The van der Waals surface area contributed by atoms with Crippen molar-refractivity contribution in [2.45, 2.75) is 19.3 Å². The SMILES string of the molecule is COCC1CCCC(=O)/C1=C\c1ccccc1OC. The lowest BCUT2D eigenvalue weighted by atomic mass is 9.82. The van der Waals surface area contributed by atoms with Crippen molar-refractivity contribution < 1.29 is 14.3 Å². The van der Waals surface area contributed by atoms with Gasteiger partial charge < -0.3 is 9.47 Å². The van der Waals surface area contributed by atoms with Crippen LogP contribution >= 0.6 is 0 Å². The summed E-state index contributed by atoms with van der Waals surface area (Å²) in [6, 6.07) is 7.76. The molecular formula is C16H20O3. The minimum absolute atomic E-state index is 0.205. The fourth-order valence-electron chi connectivity index (χ4n) is 2.56. The molecule has 19 heavy (non-hydrogen) atoms. The first-order valence-electron chi connectivity index (χ1n) is 6.63. The van der Waals surface area contributed by atoms with Gasteiger partial charge in [0.1, 0.15) is 5.75 Å². The van der Waals surface area contributed by atoms with Crippen molar-refractivity contribution in [1.29, 1.82) is 0 Å². The predicted molar refractivity (Wildman–Crippen MR) is 75.2 cm³/mol. The maximum Gasteiger partial charge on any atom is 0.159 e. The van der Waals surface area contributed by atoms with Crippen molar-refractivity contribution in [3.63, 3.8) is 0 Å². The zero-order chi connectivity index (χ0) is 13.7. The van der Waals surface area contributed by atoms with Gasteiger partial charge in [0.25, 0.3) is 0 Å². The number of hydrogen-bond acceptors (Lipinski definition) is 3. The Morgan fingerprint density at radius 3 is 2.84 bits per heavy atom. The fourth-order valence-corrected chi connectivity index (χ4v) is 2.56. The van der Waals surface area contributed by atoms with Gasteiger partial charge in [0.2, 0.25) is 0 Å². The molecular weight excluding hydrogens is 240 g/mol. The molecule has 0 bridgehead atoms. The fraction of sp³-hybridized carbons (Fsp3) is 0.438. The van der Waals surface area contributed by atoms with Gasteiger partial charge in [-0.3, -0.25) is 4.79 Å². The molecule has 1 saturated carbocycles. The molecule has 3 heteroatoms. The lowest BCUT2D eigenvalue weighted by Gasteiger charge is -2.23. The smallest absolute Gasteiger partial charge is 0.159 e. The zero-order valence-electron chi connectivity index (χ0n) is 11.5. The number of methoxy groups -OCH3 is 2. The van der Waals surface area contributed by atoms with Crippen molar-refractivity contribution >= 4 is 11.9 Å². The number of Topliss-reactive ketones (excluding diaryl/α,β-unsaturated/α-hetero) is 1. The van der Waals surface area contributed by atoms with Gasteiger partial charge in [-0.1, -0.05) is 18.2 Å². The molecule has 1 fully saturated rings. The summed E-state index contributed by atoms with van der Waals surface area (Å²) in [4.78, 5) is 12.1. The Morgan fingerprint density at radius 2 is 2.11 bits per heavy atom. The molecule has 0 amide bonds. The van der Waals surface area contributed by atoms with Crippen molar-refractivity contribution in [2.75, 3.05) is 20.8 Å². The van der Waals surface area contributed by atoms with Gasteiger partial charge in [-0.05, 0) is 25.0 Å². The van der Waals surface area contributed by atoms with Gasteiger partial charge in [-0.2, -0.15) is 0 Å². The topological polar surface area (TPSA) is 35.5 Å². The molecule has 0 spiro atoms. The van der Waals surface area contributed by atoms with E-state index < -0.39 is 0 Å². The lowest BCUT2D eigenvalue weighted by molar-refractivity contribution is -0.117. The van der Waals surface area contributed by atoms with Crippen LogP contribution in [0, 0.1) is 5.92 Å². The Kier molecular flexibility index (Phi) is 4.74. The molecule has 102 valence electrons. The van der Waals surface area contributed by atoms with Crippen molar-refractivity contribution in [1.82, 2.24) is 0 Å². The van der Waals surface area contributed by atoms with Gasteiger partial charge in [-0.25, -0.2) is 0 Å². The average molecular weight is 260 g/mol. The van der Waals surface area contributed by atoms with Gasteiger partial charge >= 0.3 is 0 Å². The molecule has 0 aromatic heterocycles. The van der Waals surface area contributed by atoms with E-state index in [2.05, 4.69) is 0 Å². The number of hydrogen-bond donors (Lipinski definition) is 0. The van der Waals surface area contributed by atoms with Gasteiger partial charge in [0, 0.05) is 30.6 Å². The Bertz CT molecular complexity index is 475. The van der Waals surface area contributed by atoms with E-state index in [0.29, 0.717) is 13.0 Å². The molecule has 1 aromatic rings. The standard InChI is InChI=1S/C16H20O3/c1-18-11-13-7-5-8-15(17)14(13)10-12-6-3-4-9-16(12)19-2/h3-4,6,9-10,13H,5,7-8,11H2,1-2H3/b14-10-. The highest BCUT2D eigenvalue weighted by Gasteiger charge is 2.25.